The van der Waals surface area contributed by atoms with E-state index in [-0.39, 0.29) is 6.61 Å². The van der Waals surface area contributed by atoms with E-state index in [9.17, 15) is 0 Å². The molecule has 0 aliphatic carbocycles. The quantitative estimate of drug-likeness (QED) is 0.839. The minimum absolute atomic E-state index is 0.0971. The summed E-state index contributed by atoms with van der Waals surface area (Å²) in [5, 5.41) is 10.0. The fourth-order valence-corrected chi connectivity index (χ4v) is 2.41. The summed E-state index contributed by atoms with van der Waals surface area (Å²) in [7, 11) is 2.04. The maximum atomic E-state index is 9.04. The highest BCUT2D eigenvalue weighted by atomic mass is 32.2. The molecule has 0 saturated heterocycles. The number of aryl methyl sites for hydroxylation is 1. The van der Waals surface area contributed by atoms with Gasteiger partial charge in [-0.3, -0.25) is 0 Å². The highest BCUT2D eigenvalue weighted by Crippen LogP contribution is 2.25. The van der Waals surface area contributed by atoms with Crippen LogP contribution >= 0.6 is 23.1 Å². The van der Waals surface area contributed by atoms with Crippen LogP contribution in [0.15, 0.2) is 0 Å². The van der Waals surface area contributed by atoms with Crippen LogP contribution in [0.3, 0.4) is 0 Å². The highest BCUT2D eigenvalue weighted by molar-refractivity contribution is 7.98. The van der Waals surface area contributed by atoms with E-state index in [1.807, 2.05) is 25.7 Å². The molecule has 0 saturated carbocycles. The van der Waals surface area contributed by atoms with Crippen LogP contribution in [-0.4, -0.2) is 35.7 Å². The minimum Gasteiger partial charge on any atom is -0.391 e. The van der Waals surface area contributed by atoms with E-state index in [1.54, 1.807) is 11.3 Å². The molecule has 0 fully saturated rings. The molecular formula is C9H16N2OS2. The molecule has 0 atom stereocenters. The summed E-state index contributed by atoms with van der Waals surface area (Å²) in [5.74, 6) is 1.10. The van der Waals surface area contributed by atoms with Crippen LogP contribution in [0.1, 0.15) is 10.6 Å². The molecule has 0 amide bonds. The number of rotatable bonds is 5. The Kier molecular flexibility index (Phi) is 4.71. The number of hydrogen-bond donors (Lipinski definition) is 1. The van der Waals surface area contributed by atoms with Crippen molar-refractivity contribution >= 4 is 28.2 Å². The van der Waals surface area contributed by atoms with E-state index in [0.717, 1.165) is 28.0 Å². The summed E-state index contributed by atoms with van der Waals surface area (Å²) in [6.07, 6.45) is 2.10. The van der Waals surface area contributed by atoms with Gasteiger partial charge in [0.2, 0.25) is 0 Å². The van der Waals surface area contributed by atoms with E-state index in [0.29, 0.717) is 0 Å². The monoisotopic (exact) mass is 232 g/mol. The predicted molar refractivity (Wildman–Crippen MR) is 64.4 cm³/mol. The van der Waals surface area contributed by atoms with Gasteiger partial charge >= 0.3 is 0 Å². The average molecular weight is 232 g/mol. The zero-order valence-corrected chi connectivity index (χ0v) is 10.4. The van der Waals surface area contributed by atoms with Gasteiger partial charge in [-0.2, -0.15) is 11.8 Å². The molecule has 5 heteroatoms. The lowest BCUT2D eigenvalue weighted by atomic mass is 10.4. The largest absolute Gasteiger partial charge is 0.391 e. The number of hydrogen-bond acceptors (Lipinski definition) is 5. The summed E-state index contributed by atoms with van der Waals surface area (Å²) in [4.78, 5) is 7.51. The molecule has 0 bridgehead atoms. The third kappa shape index (κ3) is 2.87. The summed E-state index contributed by atoms with van der Waals surface area (Å²) >= 11 is 3.40. The lowest BCUT2D eigenvalue weighted by Crippen LogP contribution is -2.19. The molecule has 1 rings (SSSR count). The lowest BCUT2D eigenvalue weighted by molar-refractivity contribution is 0.284. The van der Waals surface area contributed by atoms with Crippen molar-refractivity contribution in [2.24, 2.45) is 0 Å². The summed E-state index contributed by atoms with van der Waals surface area (Å²) < 4.78 is 0. The van der Waals surface area contributed by atoms with E-state index in [1.165, 1.54) is 0 Å². The van der Waals surface area contributed by atoms with Crippen LogP contribution in [0.5, 0.6) is 0 Å². The molecule has 3 nitrogen and oxygen atoms in total. The number of thiazole rings is 1. The van der Waals surface area contributed by atoms with Gasteiger partial charge in [0.25, 0.3) is 0 Å². The number of nitrogens with zero attached hydrogens (tertiary/aromatic N) is 2. The van der Waals surface area contributed by atoms with Gasteiger partial charge in [0.15, 0.2) is 5.13 Å². The standard InChI is InChI=1S/C9H16N2OS2/c1-7-8(6-12)14-9(10-7)11(2)4-5-13-3/h12H,4-6H2,1-3H3. The van der Waals surface area contributed by atoms with Crippen molar-refractivity contribution in [2.45, 2.75) is 13.5 Å². The van der Waals surface area contributed by atoms with Crippen molar-refractivity contribution in [3.8, 4) is 0 Å². The molecule has 0 aliphatic heterocycles. The molecule has 0 unspecified atom stereocenters. The molecule has 14 heavy (non-hydrogen) atoms. The summed E-state index contributed by atoms with van der Waals surface area (Å²) in [5.41, 5.74) is 0.948. The van der Waals surface area contributed by atoms with Gasteiger partial charge in [-0.1, -0.05) is 11.3 Å². The van der Waals surface area contributed by atoms with E-state index < -0.39 is 0 Å². The molecule has 0 spiro atoms. The van der Waals surface area contributed by atoms with Gasteiger partial charge in [0, 0.05) is 19.3 Å². The number of anilines is 1. The Bertz CT molecular complexity index is 288. The van der Waals surface area contributed by atoms with Gasteiger partial charge in [0.1, 0.15) is 0 Å². The van der Waals surface area contributed by atoms with Crippen molar-refractivity contribution < 1.29 is 5.11 Å². The molecular weight excluding hydrogens is 216 g/mol. The molecule has 1 aromatic heterocycles. The van der Waals surface area contributed by atoms with Crippen molar-refractivity contribution in [3.63, 3.8) is 0 Å². The van der Waals surface area contributed by atoms with Gasteiger partial charge in [-0.05, 0) is 13.2 Å². The van der Waals surface area contributed by atoms with Crippen LogP contribution in [-0.2, 0) is 6.61 Å². The lowest BCUT2D eigenvalue weighted by Gasteiger charge is -2.14. The van der Waals surface area contributed by atoms with Crippen molar-refractivity contribution in [1.82, 2.24) is 4.98 Å². The number of aliphatic hydroxyl groups is 1. The Morgan fingerprint density at radius 3 is 2.79 bits per heavy atom. The predicted octanol–water partition coefficient (Wildman–Crippen LogP) is 1.74. The molecule has 1 N–H and O–H groups in total. The third-order valence-corrected chi connectivity index (χ3v) is 3.83. The molecule has 1 aromatic rings. The molecule has 0 aromatic carbocycles. The topological polar surface area (TPSA) is 36.4 Å². The van der Waals surface area contributed by atoms with Crippen LogP contribution < -0.4 is 4.90 Å². The maximum absolute atomic E-state index is 9.04. The fourth-order valence-electron chi connectivity index (χ4n) is 1.05. The second kappa shape index (κ2) is 5.58. The second-order valence-corrected chi connectivity index (χ2v) is 5.13. The third-order valence-electron chi connectivity index (χ3n) is 1.98. The Balaban J connectivity index is 2.65. The zero-order chi connectivity index (χ0) is 10.6. The normalized spacial score (nSPS) is 10.6. The first kappa shape index (κ1) is 11.8. The van der Waals surface area contributed by atoms with Crippen LogP contribution in [0, 0.1) is 6.92 Å². The molecule has 1 heterocycles. The number of aromatic nitrogens is 1. The van der Waals surface area contributed by atoms with Crippen LogP contribution in [0.25, 0.3) is 0 Å². The first-order valence-electron chi connectivity index (χ1n) is 4.46. The fraction of sp³-hybridized carbons (Fsp3) is 0.667. The molecule has 0 aliphatic rings. The Hall–Kier alpha value is -0.260. The van der Waals surface area contributed by atoms with E-state index >= 15 is 0 Å². The van der Waals surface area contributed by atoms with Gasteiger partial charge in [-0.15, -0.1) is 0 Å². The number of aliphatic hydroxyl groups excluding tert-OH is 1. The van der Waals surface area contributed by atoms with Gasteiger partial charge in [0.05, 0.1) is 17.2 Å². The minimum atomic E-state index is 0.0971. The smallest absolute Gasteiger partial charge is 0.185 e. The zero-order valence-electron chi connectivity index (χ0n) is 8.78. The maximum Gasteiger partial charge on any atom is 0.185 e. The molecule has 80 valence electrons. The van der Waals surface area contributed by atoms with Crippen LogP contribution in [0.2, 0.25) is 0 Å². The van der Waals surface area contributed by atoms with E-state index in [4.69, 9.17) is 5.11 Å². The highest BCUT2D eigenvalue weighted by Gasteiger charge is 2.09. The second-order valence-electron chi connectivity index (χ2n) is 3.08. The van der Waals surface area contributed by atoms with Crippen LogP contribution in [0.4, 0.5) is 5.13 Å². The Morgan fingerprint density at radius 2 is 2.29 bits per heavy atom. The number of thioether (sulfide) groups is 1. The summed E-state index contributed by atoms with van der Waals surface area (Å²) in [6.45, 7) is 3.03. The Labute approximate surface area is 93.2 Å². The van der Waals surface area contributed by atoms with Crippen molar-refractivity contribution in [3.05, 3.63) is 10.6 Å². The van der Waals surface area contributed by atoms with Gasteiger partial charge in [-0.25, -0.2) is 4.98 Å². The van der Waals surface area contributed by atoms with Gasteiger partial charge < -0.3 is 10.0 Å². The van der Waals surface area contributed by atoms with Crippen molar-refractivity contribution in [2.75, 3.05) is 30.5 Å². The van der Waals surface area contributed by atoms with Crippen molar-refractivity contribution in [1.29, 1.82) is 0 Å². The van der Waals surface area contributed by atoms with E-state index in [2.05, 4.69) is 16.1 Å². The Morgan fingerprint density at radius 1 is 1.57 bits per heavy atom. The average Bonchev–Trinajstić information content (AvgIpc) is 2.56. The first-order valence-corrected chi connectivity index (χ1v) is 6.67. The molecule has 0 radical (unpaired) electrons. The summed E-state index contributed by atoms with van der Waals surface area (Å²) in [6, 6.07) is 0. The first-order chi connectivity index (χ1) is 6.69. The SMILES string of the molecule is CSCCN(C)c1nc(C)c(CO)s1.